The third-order valence-corrected chi connectivity index (χ3v) is 4.04. The third-order valence-electron chi connectivity index (χ3n) is 2.57. The standard InChI is InChI=1S/C14H10Br2ClNO/c1-8-2-3-11(6-13(8)17)18-7-9-4-10(15)5-12(16)14(9)19/h2-7,19H,1H3. The second-order valence-electron chi connectivity index (χ2n) is 4.02. The zero-order chi connectivity index (χ0) is 14.0. The second-order valence-corrected chi connectivity index (χ2v) is 6.19. The molecule has 2 aromatic rings. The van der Waals surface area contributed by atoms with Crippen LogP contribution in [0.1, 0.15) is 11.1 Å². The molecule has 19 heavy (non-hydrogen) atoms. The summed E-state index contributed by atoms with van der Waals surface area (Å²) in [5, 5.41) is 10.6. The quantitative estimate of drug-likeness (QED) is 0.648. The molecule has 0 amide bonds. The summed E-state index contributed by atoms with van der Waals surface area (Å²) in [6.45, 7) is 1.94. The minimum Gasteiger partial charge on any atom is -0.506 e. The van der Waals surface area contributed by atoms with Gasteiger partial charge < -0.3 is 5.11 Å². The summed E-state index contributed by atoms with van der Waals surface area (Å²) in [5.41, 5.74) is 2.37. The minimum atomic E-state index is 0.158. The summed E-state index contributed by atoms with van der Waals surface area (Å²) >= 11 is 12.7. The van der Waals surface area contributed by atoms with Crippen molar-refractivity contribution in [2.45, 2.75) is 6.92 Å². The van der Waals surface area contributed by atoms with E-state index >= 15 is 0 Å². The van der Waals surface area contributed by atoms with E-state index in [1.807, 2.05) is 19.1 Å². The number of aliphatic imine (C=N–C) groups is 1. The molecule has 1 N–H and O–H groups in total. The highest BCUT2D eigenvalue weighted by Crippen LogP contribution is 2.31. The van der Waals surface area contributed by atoms with Crippen molar-refractivity contribution in [1.82, 2.24) is 0 Å². The minimum absolute atomic E-state index is 0.158. The molecule has 0 aliphatic carbocycles. The van der Waals surface area contributed by atoms with Crippen molar-refractivity contribution in [3.63, 3.8) is 0 Å². The van der Waals surface area contributed by atoms with Crippen molar-refractivity contribution >= 4 is 55.4 Å². The molecule has 2 nitrogen and oxygen atoms in total. The van der Waals surface area contributed by atoms with Gasteiger partial charge >= 0.3 is 0 Å². The number of aryl methyl sites for hydroxylation is 1. The Morgan fingerprint density at radius 3 is 2.63 bits per heavy atom. The third kappa shape index (κ3) is 3.59. The first-order valence-electron chi connectivity index (χ1n) is 5.45. The van der Waals surface area contributed by atoms with Crippen LogP contribution < -0.4 is 0 Å². The highest BCUT2D eigenvalue weighted by atomic mass is 79.9. The number of phenols is 1. The Morgan fingerprint density at radius 1 is 1.21 bits per heavy atom. The monoisotopic (exact) mass is 401 g/mol. The molecule has 98 valence electrons. The molecular weight excluding hydrogens is 393 g/mol. The highest BCUT2D eigenvalue weighted by Gasteiger charge is 2.05. The van der Waals surface area contributed by atoms with Crippen molar-refractivity contribution < 1.29 is 5.11 Å². The lowest BCUT2D eigenvalue weighted by Gasteiger charge is -2.03. The number of hydrogen-bond acceptors (Lipinski definition) is 2. The number of nitrogens with zero attached hydrogens (tertiary/aromatic N) is 1. The van der Waals surface area contributed by atoms with Crippen molar-refractivity contribution in [3.05, 3.63) is 55.4 Å². The van der Waals surface area contributed by atoms with E-state index < -0.39 is 0 Å². The van der Waals surface area contributed by atoms with Gasteiger partial charge in [-0.1, -0.05) is 33.6 Å². The molecule has 5 heteroatoms. The number of halogens is 3. The Morgan fingerprint density at radius 2 is 1.95 bits per heavy atom. The van der Waals surface area contributed by atoms with Gasteiger partial charge in [0, 0.05) is 21.3 Å². The normalized spacial score (nSPS) is 11.2. The van der Waals surface area contributed by atoms with Crippen LogP contribution in [-0.2, 0) is 0 Å². The van der Waals surface area contributed by atoms with Crippen LogP contribution in [0.2, 0.25) is 5.02 Å². The predicted octanol–water partition coefficient (Wildman–Crippen LogP) is 5.63. The van der Waals surface area contributed by atoms with Crippen LogP contribution in [-0.4, -0.2) is 11.3 Å². The van der Waals surface area contributed by atoms with Crippen LogP contribution in [0.25, 0.3) is 0 Å². The Labute approximate surface area is 133 Å². The Hall–Kier alpha value is -0.840. The van der Waals surface area contributed by atoms with E-state index in [1.54, 1.807) is 24.4 Å². The van der Waals surface area contributed by atoms with E-state index in [0.717, 1.165) is 15.7 Å². The lowest BCUT2D eigenvalue weighted by Crippen LogP contribution is -1.84. The van der Waals surface area contributed by atoms with Crippen LogP contribution >= 0.6 is 43.5 Å². The van der Waals surface area contributed by atoms with Crippen LogP contribution in [0.5, 0.6) is 5.75 Å². The molecule has 0 heterocycles. The van der Waals surface area contributed by atoms with Crippen LogP contribution in [0.15, 0.2) is 44.3 Å². The average Bonchev–Trinajstić information content (AvgIpc) is 2.36. The molecule has 2 rings (SSSR count). The zero-order valence-corrected chi connectivity index (χ0v) is 13.9. The van der Waals surface area contributed by atoms with Gasteiger partial charge in [0.1, 0.15) is 5.75 Å². The molecular formula is C14H10Br2ClNO. The summed E-state index contributed by atoms with van der Waals surface area (Å²) < 4.78 is 1.48. The summed E-state index contributed by atoms with van der Waals surface area (Å²) in [7, 11) is 0. The molecule has 0 radical (unpaired) electrons. The van der Waals surface area contributed by atoms with Gasteiger partial charge in [-0.15, -0.1) is 0 Å². The number of benzene rings is 2. The van der Waals surface area contributed by atoms with Gasteiger partial charge in [-0.2, -0.15) is 0 Å². The predicted molar refractivity (Wildman–Crippen MR) is 86.9 cm³/mol. The first kappa shape index (κ1) is 14.6. The van der Waals surface area contributed by atoms with Gasteiger partial charge in [-0.3, -0.25) is 4.99 Å². The molecule has 0 atom stereocenters. The van der Waals surface area contributed by atoms with Gasteiger partial charge in [0.25, 0.3) is 0 Å². The zero-order valence-electron chi connectivity index (χ0n) is 9.99. The fourth-order valence-electron chi connectivity index (χ4n) is 1.49. The van der Waals surface area contributed by atoms with E-state index in [1.165, 1.54) is 0 Å². The average molecular weight is 404 g/mol. The summed E-state index contributed by atoms with van der Waals surface area (Å²) in [6, 6.07) is 9.14. The van der Waals surface area contributed by atoms with Gasteiger partial charge in [-0.25, -0.2) is 0 Å². The van der Waals surface area contributed by atoms with E-state index in [9.17, 15) is 5.11 Å². The lowest BCUT2D eigenvalue weighted by atomic mass is 10.2. The smallest absolute Gasteiger partial charge is 0.138 e. The fourth-order valence-corrected chi connectivity index (χ4v) is 2.92. The van der Waals surface area contributed by atoms with Crippen LogP contribution in [0, 0.1) is 6.92 Å². The lowest BCUT2D eigenvalue weighted by molar-refractivity contribution is 0.471. The molecule has 0 saturated heterocycles. The van der Waals surface area contributed by atoms with E-state index in [4.69, 9.17) is 11.6 Å². The van der Waals surface area contributed by atoms with E-state index in [2.05, 4.69) is 36.9 Å². The first-order valence-corrected chi connectivity index (χ1v) is 7.42. The second kappa shape index (κ2) is 6.07. The maximum absolute atomic E-state index is 9.91. The summed E-state index contributed by atoms with van der Waals surface area (Å²) in [6.07, 6.45) is 1.60. The summed E-state index contributed by atoms with van der Waals surface area (Å²) in [4.78, 5) is 4.31. The van der Waals surface area contributed by atoms with Crippen LogP contribution in [0.4, 0.5) is 5.69 Å². The number of rotatable bonds is 2. The number of aromatic hydroxyl groups is 1. The Kier molecular flexibility index (Phi) is 4.66. The molecule has 0 aliphatic heterocycles. The number of phenolic OH excluding ortho intramolecular Hbond substituents is 1. The molecule has 0 aliphatic rings. The maximum atomic E-state index is 9.91. The van der Waals surface area contributed by atoms with Crippen molar-refractivity contribution in [2.75, 3.05) is 0 Å². The van der Waals surface area contributed by atoms with Crippen molar-refractivity contribution in [3.8, 4) is 5.75 Å². The van der Waals surface area contributed by atoms with Gasteiger partial charge in [0.15, 0.2) is 0 Å². The number of hydrogen-bond donors (Lipinski definition) is 1. The first-order chi connectivity index (χ1) is 8.97. The fraction of sp³-hybridized carbons (Fsp3) is 0.0714. The molecule has 0 bridgehead atoms. The molecule has 0 fully saturated rings. The van der Waals surface area contributed by atoms with Gasteiger partial charge in [-0.05, 0) is 52.7 Å². The summed E-state index contributed by atoms with van der Waals surface area (Å²) in [5.74, 6) is 0.158. The largest absolute Gasteiger partial charge is 0.506 e. The van der Waals surface area contributed by atoms with E-state index in [-0.39, 0.29) is 5.75 Å². The molecule has 0 unspecified atom stereocenters. The Bertz CT molecular complexity index is 656. The van der Waals surface area contributed by atoms with Crippen molar-refractivity contribution in [1.29, 1.82) is 0 Å². The maximum Gasteiger partial charge on any atom is 0.138 e. The SMILES string of the molecule is Cc1ccc(N=Cc2cc(Br)cc(Br)c2O)cc1Cl. The molecule has 0 spiro atoms. The van der Waals surface area contributed by atoms with Gasteiger partial charge in [0.05, 0.1) is 10.2 Å². The molecule has 0 saturated carbocycles. The van der Waals surface area contributed by atoms with E-state index in [0.29, 0.717) is 15.1 Å². The molecule has 2 aromatic carbocycles. The van der Waals surface area contributed by atoms with Crippen molar-refractivity contribution in [2.24, 2.45) is 4.99 Å². The van der Waals surface area contributed by atoms with Gasteiger partial charge in [0.2, 0.25) is 0 Å². The van der Waals surface area contributed by atoms with Crippen LogP contribution in [0.3, 0.4) is 0 Å². The molecule has 0 aromatic heterocycles. The topological polar surface area (TPSA) is 32.6 Å². The Balaban J connectivity index is 2.35. The highest BCUT2D eigenvalue weighted by molar-refractivity contribution is 9.11.